The van der Waals surface area contributed by atoms with Crippen molar-refractivity contribution >= 4 is 34.8 Å². The Morgan fingerprint density at radius 1 is 1.18 bits per heavy atom. The van der Waals surface area contributed by atoms with Crippen molar-refractivity contribution in [1.29, 1.82) is 0 Å². The van der Waals surface area contributed by atoms with Crippen LogP contribution in [-0.2, 0) is 4.79 Å². The first-order chi connectivity index (χ1) is 13.3. The highest BCUT2D eigenvalue weighted by Gasteiger charge is 2.24. The lowest BCUT2D eigenvalue weighted by molar-refractivity contribution is -0.903. The number of nitrogens with zero attached hydrogens (tertiary/aromatic N) is 2. The lowest BCUT2D eigenvalue weighted by Gasteiger charge is -2.18. The van der Waals surface area contributed by atoms with Crippen LogP contribution in [-0.4, -0.2) is 29.7 Å². The van der Waals surface area contributed by atoms with E-state index in [4.69, 9.17) is 27.6 Å². The minimum atomic E-state index is -0.152. The zero-order chi connectivity index (χ0) is 20.3. The number of rotatable bonds is 6. The molecule has 146 valence electrons. The molecule has 0 aliphatic rings. The van der Waals surface area contributed by atoms with E-state index in [1.54, 1.807) is 18.2 Å². The topological polar surface area (TPSA) is 72.5 Å². The highest BCUT2D eigenvalue weighted by Crippen LogP contribution is 2.25. The molecular formula is C20H21Cl2N4O2+. The molecule has 1 amide bonds. The van der Waals surface area contributed by atoms with Gasteiger partial charge in [0.2, 0.25) is 5.89 Å². The van der Waals surface area contributed by atoms with Gasteiger partial charge in [0.1, 0.15) is 0 Å². The average molecular weight is 420 g/mol. The van der Waals surface area contributed by atoms with E-state index in [1.165, 1.54) is 0 Å². The number of hydrogen-bond acceptors (Lipinski definition) is 4. The van der Waals surface area contributed by atoms with Crippen LogP contribution in [0.3, 0.4) is 0 Å². The van der Waals surface area contributed by atoms with Crippen molar-refractivity contribution in [2.75, 3.05) is 18.9 Å². The van der Waals surface area contributed by atoms with Gasteiger partial charge in [-0.25, -0.2) is 0 Å². The van der Waals surface area contributed by atoms with E-state index < -0.39 is 0 Å². The van der Waals surface area contributed by atoms with Crippen LogP contribution in [0.4, 0.5) is 5.69 Å². The third kappa shape index (κ3) is 4.90. The lowest BCUT2D eigenvalue weighted by atomic mass is 10.1. The molecule has 0 fully saturated rings. The molecule has 2 N–H and O–H groups in total. The fourth-order valence-corrected chi connectivity index (χ4v) is 3.00. The summed E-state index contributed by atoms with van der Waals surface area (Å²) in [5, 5.41) is 11.9. The Morgan fingerprint density at radius 2 is 1.96 bits per heavy atom. The summed E-state index contributed by atoms with van der Waals surface area (Å²) in [6, 6.07) is 12.7. The van der Waals surface area contributed by atoms with E-state index in [-0.39, 0.29) is 18.5 Å². The minimum absolute atomic E-state index is 0.148. The largest absolute Gasteiger partial charge is 0.415 e. The van der Waals surface area contributed by atoms with Gasteiger partial charge in [-0.3, -0.25) is 4.79 Å². The van der Waals surface area contributed by atoms with Crippen LogP contribution in [0.5, 0.6) is 0 Å². The van der Waals surface area contributed by atoms with Gasteiger partial charge in [0.25, 0.3) is 11.8 Å². The van der Waals surface area contributed by atoms with Crippen LogP contribution in [0.25, 0.3) is 11.5 Å². The molecule has 1 aromatic heterocycles. The van der Waals surface area contributed by atoms with Gasteiger partial charge >= 0.3 is 0 Å². The van der Waals surface area contributed by atoms with Crippen molar-refractivity contribution in [3.05, 3.63) is 64.0 Å². The van der Waals surface area contributed by atoms with Crippen molar-refractivity contribution in [3.63, 3.8) is 0 Å². The summed E-state index contributed by atoms with van der Waals surface area (Å²) >= 11 is 11.9. The minimum Gasteiger partial charge on any atom is -0.415 e. The zero-order valence-corrected chi connectivity index (χ0v) is 17.3. The molecule has 3 aromatic rings. The van der Waals surface area contributed by atoms with Gasteiger partial charge < -0.3 is 14.6 Å². The third-order valence-corrected chi connectivity index (χ3v) is 5.20. The molecule has 2 aromatic carbocycles. The summed E-state index contributed by atoms with van der Waals surface area (Å²) in [6.45, 7) is 4.17. The number of anilines is 1. The summed E-state index contributed by atoms with van der Waals surface area (Å²) in [6.07, 6.45) is 0. The van der Waals surface area contributed by atoms with Gasteiger partial charge in [0.05, 0.1) is 17.1 Å². The van der Waals surface area contributed by atoms with Crippen LogP contribution in [0.1, 0.15) is 24.4 Å². The standard InChI is InChI=1S/C20H20Cl2N4O2/c1-12-5-4-6-14(9-12)20-25-24-19(28-20)13(2)26(3)11-18(27)23-15-7-8-16(21)17(22)10-15/h4-10,13H,11H2,1-3H3,(H,23,27)/p+1/t13-/m0/s1. The number of amides is 1. The first-order valence-corrected chi connectivity index (χ1v) is 9.56. The first-order valence-electron chi connectivity index (χ1n) is 8.81. The van der Waals surface area contributed by atoms with Crippen LogP contribution in [0.15, 0.2) is 46.9 Å². The van der Waals surface area contributed by atoms with Crippen molar-refractivity contribution in [3.8, 4) is 11.5 Å². The smallest absolute Gasteiger partial charge is 0.279 e. The second kappa shape index (κ2) is 8.73. The molecule has 1 heterocycles. The van der Waals surface area contributed by atoms with E-state index in [0.29, 0.717) is 27.5 Å². The summed E-state index contributed by atoms with van der Waals surface area (Å²) in [7, 11) is 1.90. The van der Waals surface area contributed by atoms with Crippen LogP contribution in [0.2, 0.25) is 10.0 Å². The Kier molecular flexibility index (Phi) is 6.34. The third-order valence-electron chi connectivity index (χ3n) is 4.46. The molecule has 0 aliphatic heterocycles. The summed E-state index contributed by atoms with van der Waals surface area (Å²) in [5.74, 6) is 0.802. The number of carbonyl (C=O) groups is 1. The van der Waals surface area contributed by atoms with Gasteiger partial charge in [-0.15, -0.1) is 10.2 Å². The second-order valence-electron chi connectivity index (χ2n) is 6.74. The Hall–Kier alpha value is -2.41. The van der Waals surface area contributed by atoms with Crippen LogP contribution >= 0.6 is 23.2 Å². The Balaban J connectivity index is 1.63. The molecule has 3 rings (SSSR count). The number of aromatic nitrogens is 2. The fourth-order valence-electron chi connectivity index (χ4n) is 2.70. The number of aryl methyl sites for hydroxylation is 1. The summed E-state index contributed by atoms with van der Waals surface area (Å²) in [5.41, 5.74) is 2.59. The van der Waals surface area contributed by atoms with E-state index in [2.05, 4.69) is 15.5 Å². The van der Waals surface area contributed by atoms with Crippen molar-refractivity contribution in [1.82, 2.24) is 10.2 Å². The predicted octanol–water partition coefficient (Wildman–Crippen LogP) is 3.57. The summed E-state index contributed by atoms with van der Waals surface area (Å²) < 4.78 is 5.83. The zero-order valence-electron chi connectivity index (χ0n) is 15.8. The number of hydrogen-bond donors (Lipinski definition) is 2. The van der Waals surface area contributed by atoms with E-state index in [1.807, 2.05) is 45.2 Å². The molecule has 2 atom stereocenters. The maximum Gasteiger partial charge on any atom is 0.279 e. The monoisotopic (exact) mass is 419 g/mol. The van der Waals surface area contributed by atoms with Crippen molar-refractivity contribution < 1.29 is 14.1 Å². The number of benzene rings is 2. The normalized spacial score (nSPS) is 13.2. The van der Waals surface area contributed by atoms with Gasteiger partial charge in [-0.05, 0) is 44.2 Å². The predicted molar refractivity (Wildman–Crippen MR) is 110 cm³/mol. The lowest BCUT2D eigenvalue weighted by Crippen LogP contribution is -3.10. The molecule has 8 heteroatoms. The Bertz CT molecular complexity index is 990. The molecule has 0 bridgehead atoms. The molecule has 0 saturated carbocycles. The molecule has 0 saturated heterocycles. The molecule has 0 radical (unpaired) electrons. The number of halogens is 2. The number of likely N-dealkylation sites (N-methyl/N-ethyl adjacent to an activating group) is 1. The molecule has 6 nitrogen and oxygen atoms in total. The second-order valence-corrected chi connectivity index (χ2v) is 7.55. The SMILES string of the molecule is Cc1cccc(-c2nnc([C@H](C)[NH+](C)CC(=O)Nc3ccc(Cl)c(Cl)c3)o2)c1. The fraction of sp³-hybridized carbons (Fsp3) is 0.250. The molecule has 1 unspecified atom stereocenters. The molecular weight excluding hydrogens is 399 g/mol. The van der Waals surface area contributed by atoms with Gasteiger partial charge in [0, 0.05) is 11.3 Å². The quantitative estimate of drug-likeness (QED) is 0.640. The number of nitrogens with one attached hydrogen (secondary N) is 2. The Labute approximate surface area is 173 Å². The first kappa shape index (κ1) is 20.3. The van der Waals surface area contributed by atoms with E-state index >= 15 is 0 Å². The van der Waals surface area contributed by atoms with Crippen LogP contribution in [0, 0.1) is 6.92 Å². The Morgan fingerprint density at radius 3 is 2.68 bits per heavy atom. The number of carbonyl (C=O) groups excluding carboxylic acids is 1. The van der Waals surface area contributed by atoms with Crippen molar-refractivity contribution in [2.45, 2.75) is 19.9 Å². The van der Waals surface area contributed by atoms with Gasteiger partial charge in [-0.1, -0.05) is 40.9 Å². The van der Waals surface area contributed by atoms with E-state index in [9.17, 15) is 4.79 Å². The van der Waals surface area contributed by atoms with Crippen molar-refractivity contribution in [2.24, 2.45) is 0 Å². The van der Waals surface area contributed by atoms with E-state index in [0.717, 1.165) is 16.0 Å². The number of quaternary nitrogens is 1. The molecule has 0 spiro atoms. The highest BCUT2D eigenvalue weighted by atomic mass is 35.5. The highest BCUT2D eigenvalue weighted by molar-refractivity contribution is 6.42. The molecule has 28 heavy (non-hydrogen) atoms. The van der Waals surface area contributed by atoms with Gasteiger partial charge in [-0.2, -0.15) is 0 Å². The molecule has 0 aliphatic carbocycles. The maximum atomic E-state index is 12.3. The average Bonchev–Trinajstić information content (AvgIpc) is 3.14. The summed E-state index contributed by atoms with van der Waals surface area (Å²) in [4.78, 5) is 13.3. The van der Waals surface area contributed by atoms with Gasteiger partial charge in [0.15, 0.2) is 12.6 Å². The van der Waals surface area contributed by atoms with Crippen LogP contribution < -0.4 is 10.2 Å². The maximum absolute atomic E-state index is 12.3.